The average molecular weight is 334 g/mol. The molecule has 0 unspecified atom stereocenters. The molecule has 0 aliphatic rings. The average Bonchev–Trinajstić information content (AvgIpc) is 2.49. The third-order valence-electron chi connectivity index (χ3n) is 3.58. The summed E-state index contributed by atoms with van der Waals surface area (Å²) in [6.07, 6.45) is 0. The molecule has 0 aromatic heterocycles. The van der Waals surface area contributed by atoms with Crippen LogP contribution < -0.4 is 15.2 Å². The molecule has 23 heavy (non-hydrogen) atoms. The van der Waals surface area contributed by atoms with Crippen molar-refractivity contribution in [3.05, 3.63) is 53.1 Å². The van der Waals surface area contributed by atoms with Crippen molar-refractivity contribution in [2.24, 2.45) is 5.14 Å². The number of benzene rings is 2. The lowest BCUT2D eigenvalue weighted by atomic mass is 10.0. The summed E-state index contributed by atoms with van der Waals surface area (Å²) in [6, 6.07) is 9.69. The second-order valence-electron chi connectivity index (χ2n) is 5.11. The maximum absolute atomic E-state index is 12.4. The van der Waals surface area contributed by atoms with Crippen molar-refractivity contribution in [2.75, 3.05) is 12.4 Å². The molecule has 2 rings (SSSR count). The van der Waals surface area contributed by atoms with Gasteiger partial charge in [-0.05, 0) is 49.2 Å². The van der Waals surface area contributed by atoms with E-state index in [2.05, 4.69) is 5.32 Å². The van der Waals surface area contributed by atoms with Crippen LogP contribution in [0.5, 0.6) is 5.75 Å². The van der Waals surface area contributed by atoms with Crippen LogP contribution in [0.15, 0.2) is 41.3 Å². The molecular formula is C16H18N2O4S. The Kier molecular flexibility index (Phi) is 4.72. The van der Waals surface area contributed by atoms with Crippen LogP contribution in [-0.2, 0) is 10.0 Å². The molecule has 0 aliphatic heterocycles. The second-order valence-corrected chi connectivity index (χ2v) is 6.64. The summed E-state index contributed by atoms with van der Waals surface area (Å²) in [4.78, 5) is 12.2. The van der Waals surface area contributed by atoms with Crippen molar-refractivity contribution >= 4 is 21.6 Å². The van der Waals surface area contributed by atoms with Gasteiger partial charge in [0.2, 0.25) is 10.0 Å². The summed E-state index contributed by atoms with van der Waals surface area (Å²) < 4.78 is 28.2. The van der Waals surface area contributed by atoms with Gasteiger partial charge in [0.1, 0.15) is 10.6 Å². The molecule has 0 radical (unpaired) electrons. The van der Waals surface area contributed by atoms with E-state index in [1.54, 1.807) is 18.2 Å². The van der Waals surface area contributed by atoms with Gasteiger partial charge in [-0.15, -0.1) is 0 Å². The molecule has 2 aromatic rings. The number of hydrogen-bond donors (Lipinski definition) is 2. The first-order valence-electron chi connectivity index (χ1n) is 6.82. The molecule has 0 bridgehead atoms. The van der Waals surface area contributed by atoms with Crippen LogP contribution in [0.4, 0.5) is 5.69 Å². The predicted octanol–water partition coefficient (Wildman–Crippen LogP) is 2.21. The zero-order valence-corrected chi connectivity index (χ0v) is 13.9. The first-order chi connectivity index (χ1) is 10.7. The lowest BCUT2D eigenvalue weighted by molar-refractivity contribution is 0.102. The molecule has 7 heteroatoms. The number of aryl methyl sites for hydroxylation is 1. The van der Waals surface area contributed by atoms with Gasteiger partial charge < -0.3 is 10.1 Å². The van der Waals surface area contributed by atoms with Crippen molar-refractivity contribution in [3.8, 4) is 5.75 Å². The maximum Gasteiger partial charge on any atom is 0.255 e. The van der Waals surface area contributed by atoms with E-state index in [0.29, 0.717) is 11.3 Å². The Morgan fingerprint density at radius 2 is 1.87 bits per heavy atom. The molecule has 0 saturated heterocycles. The van der Waals surface area contributed by atoms with Gasteiger partial charge in [-0.1, -0.05) is 12.1 Å². The number of sulfonamides is 1. The molecule has 0 fully saturated rings. The highest BCUT2D eigenvalue weighted by Gasteiger charge is 2.17. The third-order valence-corrected chi connectivity index (χ3v) is 4.51. The molecule has 2 aromatic carbocycles. The van der Waals surface area contributed by atoms with Crippen molar-refractivity contribution in [1.29, 1.82) is 0 Å². The Bertz CT molecular complexity index is 860. The van der Waals surface area contributed by atoms with Crippen LogP contribution in [0.2, 0.25) is 0 Å². The normalized spacial score (nSPS) is 11.1. The second kappa shape index (κ2) is 6.39. The topological polar surface area (TPSA) is 98.5 Å². The number of amides is 1. The van der Waals surface area contributed by atoms with E-state index in [1.165, 1.54) is 19.2 Å². The van der Waals surface area contributed by atoms with Crippen LogP contribution in [0, 0.1) is 13.8 Å². The molecule has 0 saturated carbocycles. The van der Waals surface area contributed by atoms with Crippen LogP contribution in [0.25, 0.3) is 0 Å². The van der Waals surface area contributed by atoms with Crippen LogP contribution >= 0.6 is 0 Å². The van der Waals surface area contributed by atoms with E-state index in [4.69, 9.17) is 9.88 Å². The number of nitrogens with one attached hydrogen (secondary N) is 1. The summed E-state index contributed by atoms with van der Waals surface area (Å²) >= 11 is 0. The van der Waals surface area contributed by atoms with E-state index in [-0.39, 0.29) is 16.6 Å². The standard InChI is InChI=1S/C16H18N2O4S/c1-10-5-4-6-13(11(10)2)16(19)18-12-7-8-14(22-3)15(9-12)23(17,20)21/h4-9H,1-3H3,(H,18,19)(H2,17,20,21). The van der Waals surface area contributed by atoms with Crippen molar-refractivity contribution < 1.29 is 17.9 Å². The fourth-order valence-electron chi connectivity index (χ4n) is 2.17. The highest BCUT2D eigenvalue weighted by Crippen LogP contribution is 2.26. The fourth-order valence-corrected chi connectivity index (χ4v) is 2.90. The molecule has 0 spiro atoms. The van der Waals surface area contributed by atoms with Crippen molar-refractivity contribution in [3.63, 3.8) is 0 Å². The lowest BCUT2D eigenvalue weighted by Gasteiger charge is -2.12. The fraction of sp³-hybridized carbons (Fsp3) is 0.188. The molecule has 6 nitrogen and oxygen atoms in total. The van der Waals surface area contributed by atoms with E-state index in [1.807, 2.05) is 19.9 Å². The number of anilines is 1. The summed E-state index contributed by atoms with van der Waals surface area (Å²) in [5.41, 5.74) is 2.71. The first kappa shape index (κ1) is 17.0. The van der Waals surface area contributed by atoms with Crippen molar-refractivity contribution in [2.45, 2.75) is 18.7 Å². The zero-order chi connectivity index (χ0) is 17.2. The minimum Gasteiger partial charge on any atom is -0.495 e. The molecule has 0 heterocycles. The van der Waals surface area contributed by atoms with Gasteiger partial charge in [0.25, 0.3) is 5.91 Å². The van der Waals surface area contributed by atoms with Crippen LogP contribution in [-0.4, -0.2) is 21.4 Å². The molecule has 0 atom stereocenters. The number of rotatable bonds is 4. The third kappa shape index (κ3) is 3.69. The Labute approximate surface area is 135 Å². The van der Waals surface area contributed by atoms with Gasteiger partial charge in [0.05, 0.1) is 7.11 Å². The molecule has 1 amide bonds. The SMILES string of the molecule is COc1ccc(NC(=O)c2cccc(C)c2C)cc1S(N)(=O)=O. The highest BCUT2D eigenvalue weighted by atomic mass is 32.2. The van der Waals surface area contributed by atoms with Gasteiger partial charge in [-0.2, -0.15) is 0 Å². The van der Waals surface area contributed by atoms with Crippen LogP contribution in [0.1, 0.15) is 21.5 Å². The van der Waals surface area contributed by atoms with Gasteiger partial charge in [0.15, 0.2) is 0 Å². The number of hydrogen-bond acceptors (Lipinski definition) is 4. The van der Waals surface area contributed by atoms with E-state index >= 15 is 0 Å². The molecule has 3 N–H and O–H groups in total. The first-order valence-corrected chi connectivity index (χ1v) is 8.37. The Morgan fingerprint density at radius 1 is 1.17 bits per heavy atom. The smallest absolute Gasteiger partial charge is 0.255 e. The summed E-state index contributed by atoms with van der Waals surface area (Å²) in [5.74, 6) is -0.200. The van der Waals surface area contributed by atoms with Gasteiger partial charge in [-0.25, -0.2) is 13.6 Å². The number of ether oxygens (including phenoxy) is 1. The number of methoxy groups -OCH3 is 1. The van der Waals surface area contributed by atoms with Gasteiger partial charge in [0, 0.05) is 11.3 Å². The molecule has 0 aliphatic carbocycles. The largest absolute Gasteiger partial charge is 0.495 e. The Hall–Kier alpha value is -2.38. The van der Waals surface area contributed by atoms with E-state index in [0.717, 1.165) is 11.1 Å². The Morgan fingerprint density at radius 3 is 2.48 bits per heavy atom. The number of carbonyl (C=O) groups is 1. The molecule has 122 valence electrons. The summed E-state index contributed by atoms with van der Waals surface area (Å²) in [6.45, 7) is 3.77. The minimum absolute atomic E-state index is 0.122. The van der Waals surface area contributed by atoms with Crippen molar-refractivity contribution in [1.82, 2.24) is 0 Å². The number of carbonyl (C=O) groups excluding carboxylic acids is 1. The monoisotopic (exact) mass is 334 g/mol. The zero-order valence-electron chi connectivity index (χ0n) is 13.1. The predicted molar refractivity (Wildman–Crippen MR) is 88.2 cm³/mol. The highest BCUT2D eigenvalue weighted by molar-refractivity contribution is 7.89. The molecular weight excluding hydrogens is 316 g/mol. The van der Waals surface area contributed by atoms with Gasteiger partial charge in [-0.3, -0.25) is 4.79 Å². The van der Waals surface area contributed by atoms with Gasteiger partial charge >= 0.3 is 0 Å². The quantitative estimate of drug-likeness (QED) is 0.895. The summed E-state index contributed by atoms with van der Waals surface area (Å²) in [5, 5.41) is 7.84. The lowest BCUT2D eigenvalue weighted by Crippen LogP contribution is -2.16. The van der Waals surface area contributed by atoms with E-state index < -0.39 is 10.0 Å². The maximum atomic E-state index is 12.4. The number of nitrogens with two attached hydrogens (primary N) is 1. The minimum atomic E-state index is -3.96. The number of primary sulfonamides is 1. The van der Waals surface area contributed by atoms with Crippen LogP contribution in [0.3, 0.4) is 0 Å². The van der Waals surface area contributed by atoms with E-state index in [9.17, 15) is 13.2 Å². The Balaban J connectivity index is 2.37. The summed E-state index contributed by atoms with van der Waals surface area (Å²) in [7, 11) is -2.61.